The van der Waals surface area contributed by atoms with Gasteiger partial charge < -0.3 is 8.85 Å². The molecular formula is C8H12Cl2O2Si. The van der Waals surface area contributed by atoms with Gasteiger partial charge in [0.15, 0.2) is 0 Å². The van der Waals surface area contributed by atoms with E-state index in [0.717, 1.165) is 0 Å². The van der Waals surface area contributed by atoms with E-state index in [1.807, 2.05) is 12.1 Å². The third-order valence-electron chi connectivity index (χ3n) is 1.06. The summed E-state index contributed by atoms with van der Waals surface area (Å²) in [5.41, 5.74) is 0. The fourth-order valence-electron chi connectivity index (χ4n) is 0.557. The number of hydrogen-bond donors (Lipinski definition) is 0. The maximum atomic E-state index is 5.58. The normalized spacial score (nSPS) is 8.92. The molecule has 0 radical (unpaired) electrons. The van der Waals surface area contributed by atoms with Crippen LogP contribution in [0, 0.1) is 0 Å². The Balaban J connectivity index is 0.000000252. The molecule has 0 saturated heterocycles. The van der Waals surface area contributed by atoms with Gasteiger partial charge in [-0.05, 0) is 12.1 Å². The predicted octanol–water partition coefficient (Wildman–Crippen LogP) is 2.27. The van der Waals surface area contributed by atoms with Crippen LogP contribution in [0.25, 0.3) is 0 Å². The Labute approximate surface area is 90.8 Å². The molecule has 0 unspecified atom stereocenters. The van der Waals surface area contributed by atoms with Crippen molar-refractivity contribution in [2.24, 2.45) is 0 Å². The number of hydrogen-bond acceptors (Lipinski definition) is 2. The highest BCUT2D eigenvalue weighted by molar-refractivity contribution is 6.41. The first-order chi connectivity index (χ1) is 6.22. The highest BCUT2D eigenvalue weighted by Crippen LogP contribution is 2.19. The summed E-state index contributed by atoms with van der Waals surface area (Å²) >= 11 is 11.2. The second kappa shape index (κ2) is 8.53. The molecule has 0 spiro atoms. The van der Waals surface area contributed by atoms with Crippen LogP contribution in [0.2, 0.25) is 10.0 Å². The minimum atomic E-state index is -0.568. The molecule has 0 aliphatic rings. The summed E-state index contributed by atoms with van der Waals surface area (Å²) in [6.45, 7) is 0. The lowest BCUT2D eigenvalue weighted by Gasteiger charge is -1.88. The van der Waals surface area contributed by atoms with Crippen LogP contribution in [0.1, 0.15) is 0 Å². The average molecular weight is 239 g/mol. The summed E-state index contributed by atoms with van der Waals surface area (Å²) in [6, 6.07) is 7.19. The first-order valence-electron chi connectivity index (χ1n) is 3.60. The lowest BCUT2D eigenvalue weighted by molar-refractivity contribution is 0.309. The van der Waals surface area contributed by atoms with Crippen LogP contribution < -0.4 is 0 Å². The highest BCUT2D eigenvalue weighted by atomic mass is 35.5. The molecule has 0 atom stereocenters. The van der Waals surface area contributed by atoms with Crippen molar-refractivity contribution in [2.45, 2.75) is 0 Å². The molecule has 2 nitrogen and oxygen atoms in total. The molecule has 1 rings (SSSR count). The smallest absolute Gasteiger partial charge is 0.303 e. The lowest BCUT2D eigenvalue weighted by Crippen LogP contribution is -1.93. The molecule has 0 heterocycles. The number of benzene rings is 1. The number of rotatable bonds is 2. The van der Waals surface area contributed by atoms with Gasteiger partial charge in [-0.15, -0.1) is 0 Å². The van der Waals surface area contributed by atoms with Gasteiger partial charge in [0.25, 0.3) is 0 Å². The van der Waals surface area contributed by atoms with Crippen LogP contribution in [-0.4, -0.2) is 24.2 Å². The Morgan fingerprint density at radius 3 is 1.54 bits per heavy atom. The Morgan fingerprint density at radius 2 is 1.38 bits per heavy atom. The maximum Gasteiger partial charge on any atom is 0.303 e. The molecule has 13 heavy (non-hydrogen) atoms. The zero-order valence-electron chi connectivity index (χ0n) is 7.59. The van der Waals surface area contributed by atoms with E-state index in [-0.39, 0.29) is 0 Å². The average Bonchev–Trinajstić information content (AvgIpc) is 2.13. The van der Waals surface area contributed by atoms with Crippen molar-refractivity contribution >= 4 is 33.2 Å². The summed E-state index contributed by atoms with van der Waals surface area (Å²) in [7, 11) is 2.73. The van der Waals surface area contributed by atoms with E-state index < -0.39 is 10.0 Å². The summed E-state index contributed by atoms with van der Waals surface area (Å²) in [5.74, 6) is 0. The van der Waals surface area contributed by atoms with E-state index >= 15 is 0 Å². The van der Waals surface area contributed by atoms with E-state index in [1.54, 1.807) is 26.4 Å². The monoisotopic (exact) mass is 238 g/mol. The molecular weight excluding hydrogens is 227 g/mol. The molecule has 0 aromatic heterocycles. The zero-order valence-corrected chi connectivity index (χ0v) is 10.5. The van der Waals surface area contributed by atoms with Crippen LogP contribution in [0.4, 0.5) is 0 Å². The van der Waals surface area contributed by atoms with Crippen molar-refractivity contribution in [3.63, 3.8) is 0 Å². The van der Waals surface area contributed by atoms with Gasteiger partial charge in [-0.1, -0.05) is 35.3 Å². The van der Waals surface area contributed by atoms with Gasteiger partial charge in [-0.2, -0.15) is 0 Å². The van der Waals surface area contributed by atoms with E-state index in [0.29, 0.717) is 10.0 Å². The van der Waals surface area contributed by atoms with Gasteiger partial charge in [-0.3, -0.25) is 0 Å². The molecule has 1 aromatic rings. The van der Waals surface area contributed by atoms with Gasteiger partial charge in [-0.25, -0.2) is 0 Å². The third kappa shape index (κ3) is 7.04. The van der Waals surface area contributed by atoms with Gasteiger partial charge in [0.2, 0.25) is 0 Å². The molecule has 0 fully saturated rings. The molecule has 0 aliphatic carbocycles. The quantitative estimate of drug-likeness (QED) is 0.737. The van der Waals surface area contributed by atoms with Crippen LogP contribution in [0.3, 0.4) is 0 Å². The lowest BCUT2D eigenvalue weighted by atomic mass is 10.4. The number of halogens is 2. The largest absolute Gasteiger partial charge is 0.402 e. The summed E-state index contributed by atoms with van der Waals surface area (Å²) in [4.78, 5) is 0. The van der Waals surface area contributed by atoms with Crippen LogP contribution >= 0.6 is 23.2 Å². The Hall–Kier alpha value is -0.0631. The van der Waals surface area contributed by atoms with E-state index in [4.69, 9.17) is 23.2 Å². The van der Waals surface area contributed by atoms with Crippen molar-refractivity contribution in [1.82, 2.24) is 0 Å². The van der Waals surface area contributed by atoms with Crippen molar-refractivity contribution in [1.29, 1.82) is 0 Å². The molecule has 0 N–H and O–H groups in total. The van der Waals surface area contributed by atoms with E-state index in [1.165, 1.54) is 0 Å². The van der Waals surface area contributed by atoms with Crippen molar-refractivity contribution < 1.29 is 8.85 Å². The Bertz CT molecular complexity index is 210. The van der Waals surface area contributed by atoms with Crippen molar-refractivity contribution in [3.8, 4) is 0 Å². The second-order valence-corrected chi connectivity index (χ2v) is 4.31. The maximum absolute atomic E-state index is 5.58. The van der Waals surface area contributed by atoms with Gasteiger partial charge >= 0.3 is 10.0 Å². The predicted molar refractivity (Wildman–Crippen MR) is 59.0 cm³/mol. The van der Waals surface area contributed by atoms with E-state index in [9.17, 15) is 0 Å². The zero-order chi connectivity index (χ0) is 10.1. The fraction of sp³-hybridized carbons (Fsp3) is 0.250. The fourth-order valence-corrected chi connectivity index (χ4v) is 1.06. The molecule has 0 aliphatic heterocycles. The first kappa shape index (κ1) is 12.9. The molecule has 74 valence electrons. The third-order valence-corrected chi connectivity index (χ3v) is 2.29. The second-order valence-electron chi connectivity index (χ2n) is 2.11. The summed E-state index contributed by atoms with van der Waals surface area (Å²) in [5, 5.41) is 1.21. The summed E-state index contributed by atoms with van der Waals surface area (Å²) in [6.07, 6.45) is 0. The van der Waals surface area contributed by atoms with Gasteiger partial charge in [0.05, 0.1) is 10.0 Å². The van der Waals surface area contributed by atoms with Crippen LogP contribution in [-0.2, 0) is 8.85 Å². The molecule has 0 bridgehead atoms. The molecule has 1 aromatic carbocycles. The molecule has 0 amide bonds. The SMILES string of the molecule is CO[SiH2]OC.Clc1ccccc1Cl. The minimum Gasteiger partial charge on any atom is -0.402 e. The topological polar surface area (TPSA) is 18.5 Å². The summed E-state index contributed by atoms with van der Waals surface area (Å²) < 4.78 is 9.22. The minimum absolute atomic E-state index is 0.568. The van der Waals surface area contributed by atoms with Crippen molar-refractivity contribution in [3.05, 3.63) is 34.3 Å². The Morgan fingerprint density at radius 1 is 1.00 bits per heavy atom. The molecule has 0 saturated carbocycles. The van der Waals surface area contributed by atoms with Crippen LogP contribution in [0.15, 0.2) is 24.3 Å². The van der Waals surface area contributed by atoms with E-state index in [2.05, 4.69) is 8.85 Å². The molecule has 5 heteroatoms. The van der Waals surface area contributed by atoms with Gasteiger partial charge in [0, 0.05) is 14.2 Å². The standard InChI is InChI=1S/C6H4Cl2.C2H8O2Si/c7-5-3-1-2-4-6(5)8;1-3-5-4-2/h1-4H;5H2,1-2H3. The van der Waals surface area contributed by atoms with Gasteiger partial charge in [0.1, 0.15) is 0 Å². The first-order valence-corrected chi connectivity index (χ1v) is 5.51. The van der Waals surface area contributed by atoms with Crippen molar-refractivity contribution in [2.75, 3.05) is 14.2 Å². The Kier molecular flexibility index (Phi) is 8.49. The highest BCUT2D eigenvalue weighted by Gasteiger charge is 1.89. The van der Waals surface area contributed by atoms with Crippen LogP contribution in [0.5, 0.6) is 0 Å².